The van der Waals surface area contributed by atoms with Gasteiger partial charge in [-0.05, 0) is 12.8 Å². The van der Waals surface area contributed by atoms with Crippen molar-refractivity contribution in [2.24, 2.45) is 0 Å². The van der Waals surface area contributed by atoms with Crippen LogP contribution in [0.5, 0.6) is 0 Å². The van der Waals surface area contributed by atoms with Crippen LogP contribution in [0.3, 0.4) is 0 Å². The van der Waals surface area contributed by atoms with Crippen molar-refractivity contribution in [2.45, 2.75) is 25.1 Å². The maximum Gasteiger partial charge on any atom is 0.451 e. The highest BCUT2D eigenvalue weighted by atomic mass is 35.5. The Kier molecular flexibility index (Phi) is 2.46. The van der Waals surface area contributed by atoms with E-state index in [2.05, 4.69) is 15.3 Å². The molecule has 1 aromatic rings. The summed E-state index contributed by atoms with van der Waals surface area (Å²) in [6, 6.07) is 1.51. The Morgan fingerprint density at radius 2 is 2.00 bits per heavy atom. The average Bonchev–Trinajstić information content (AvgIpc) is 2.85. The molecular formula is C8H7ClF3N3. The lowest BCUT2D eigenvalue weighted by Gasteiger charge is -2.08. The fourth-order valence-electron chi connectivity index (χ4n) is 1.06. The predicted molar refractivity (Wildman–Crippen MR) is 48.7 cm³/mol. The number of anilines is 1. The molecule has 1 aromatic heterocycles. The molecule has 0 aromatic carbocycles. The van der Waals surface area contributed by atoms with Crippen molar-refractivity contribution >= 4 is 17.4 Å². The van der Waals surface area contributed by atoms with Crippen LogP contribution in [-0.2, 0) is 6.18 Å². The Morgan fingerprint density at radius 1 is 1.33 bits per heavy atom. The van der Waals surface area contributed by atoms with Gasteiger partial charge in [-0.25, -0.2) is 9.97 Å². The lowest BCUT2D eigenvalue weighted by molar-refractivity contribution is -0.144. The number of hydrogen-bond acceptors (Lipinski definition) is 3. The molecule has 82 valence electrons. The summed E-state index contributed by atoms with van der Waals surface area (Å²) in [5.74, 6) is -1.08. The van der Waals surface area contributed by atoms with E-state index in [4.69, 9.17) is 11.6 Å². The van der Waals surface area contributed by atoms with E-state index in [1.54, 1.807) is 0 Å². The van der Waals surface area contributed by atoms with Gasteiger partial charge in [-0.3, -0.25) is 0 Å². The summed E-state index contributed by atoms with van der Waals surface area (Å²) in [5.41, 5.74) is 0. The van der Waals surface area contributed by atoms with Gasteiger partial charge in [0, 0.05) is 12.1 Å². The number of alkyl halides is 3. The third-order valence-corrected chi connectivity index (χ3v) is 2.07. The molecule has 1 saturated carbocycles. The number of rotatable bonds is 2. The van der Waals surface area contributed by atoms with Crippen molar-refractivity contribution in [1.29, 1.82) is 0 Å². The molecule has 7 heteroatoms. The Balaban J connectivity index is 2.27. The highest BCUT2D eigenvalue weighted by molar-refractivity contribution is 6.29. The van der Waals surface area contributed by atoms with Gasteiger partial charge in [0.25, 0.3) is 0 Å². The van der Waals surface area contributed by atoms with E-state index < -0.39 is 12.0 Å². The van der Waals surface area contributed by atoms with Crippen LogP contribution in [0.1, 0.15) is 18.7 Å². The van der Waals surface area contributed by atoms with Crippen molar-refractivity contribution in [3.05, 3.63) is 17.0 Å². The Bertz CT molecular complexity index is 376. The van der Waals surface area contributed by atoms with Gasteiger partial charge in [-0.15, -0.1) is 0 Å². The van der Waals surface area contributed by atoms with Gasteiger partial charge in [0.2, 0.25) is 5.82 Å². The first-order valence-electron chi connectivity index (χ1n) is 4.33. The minimum atomic E-state index is -4.56. The van der Waals surface area contributed by atoms with Crippen molar-refractivity contribution < 1.29 is 13.2 Å². The molecular weight excluding hydrogens is 231 g/mol. The molecule has 3 nitrogen and oxygen atoms in total. The second-order valence-corrected chi connectivity index (χ2v) is 3.70. The zero-order valence-electron chi connectivity index (χ0n) is 7.48. The van der Waals surface area contributed by atoms with Crippen LogP contribution in [0.4, 0.5) is 19.0 Å². The first-order valence-corrected chi connectivity index (χ1v) is 4.71. The third kappa shape index (κ3) is 2.71. The first-order chi connectivity index (χ1) is 6.95. The summed E-state index contributed by atoms with van der Waals surface area (Å²) in [4.78, 5) is 6.48. The molecule has 15 heavy (non-hydrogen) atoms. The summed E-state index contributed by atoms with van der Waals surface area (Å²) >= 11 is 5.47. The molecule has 1 heterocycles. The number of hydrogen-bond donors (Lipinski definition) is 1. The van der Waals surface area contributed by atoms with Gasteiger partial charge >= 0.3 is 6.18 Å². The molecule has 2 rings (SSSR count). The van der Waals surface area contributed by atoms with Gasteiger partial charge in [0.15, 0.2) is 0 Å². The molecule has 1 N–H and O–H groups in total. The van der Waals surface area contributed by atoms with Crippen molar-refractivity contribution in [1.82, 2.24) is 9.97 Å². The Morgan fingerprint density at radius 3 is 2.53 bits per heavy atom. The number of nitrogens with zero attached hydrogens (tertiary/aromatic N) is 2. The van der Waals surface area contributed by atoms with Crippen LogP contribution in [0, 0.1) is 0 Å². The molecule has 0 spiro atoms. The van der Waals surface area contributed by atoms with Gasteiger partial charge in [0.1, 0.15) is 11.0 Å². The molecule has 0 bridgehead atoms. The van der Waals surface area contributed by atoms with E-state index >= 15 is 0 Å². The summed E-state index contributed by atoms with van der Waals surface area (Å²) in [7, 11) is 0. The SMILES string of the molecule is FC(F)(F)c1nc(Cl)cc(NC2CC2)n1. The van der Waals surface area contributed by atoms with E-state index in [1.807, 2.05) is 0 Å². The average molecular weight is 238 g/mol. The molecule has 0 radical (unpaired) electrons. The maximum absolute atomic E-state index is 12.3. The molecule has 1 aliphatic carbocycles. The Hall–Kier alpha value is -1.04. The molecule has 0 aliphatic heterocycles. The van der Waals surface area contributed by atoms with Crippen molar-refractivity contribution in [3.63, 3.8) is 0 Å². The van der Waals surface area contributed by atoms with Crippen LogP contribution >= 0.6 is 11.6 Å². The normalized spacial score (nSPS) is 16.5. The minimum absolute atomic E-state index is 0.129. The van der Waals surface area contributed by atoms with Gasteiger partial charge < -0.3 is 5.32 Å². The van der Waals surface area contributed by atoms with Crippen molar-refractivity contribution in [3.8, 4) is 0 Å². The molecule has 0 saturated heterocycles. The van der Waals surface area contributed by atoms with Crippen LogP contribution in [-0.4, -0.2) is 16.0 Å². The third-order valence-electron chi connectivity index (χ3n) is 1.88. The summed E-state index contributed by atoms with van der Waals surface area (Å²) in [5, 5.41) is 2.63. The molecule has 0 amide bonds. The fourth-order valence-corrected chi connectivity index (χ4v) is 1.24. The second-order valence-electron chi connectivity index (χ2n) is 3.32. The highest BCUT2D eigenvalue weighted by Crippen LogP contribution is 2.30. The van der Waals surface area contributed by atoms with Gasteiger partial charge in [0.05, 0.1) is 0 Å². The lowest BCUT2D eigenvalue weighted by atomic mass is 10.5. The zero-order valence-corrected chi connectivity index (χ0v) is 8.23. The Labute approximate surface area is 88.7 Å². The molecule has 0 atom stereocenters. The molecule has 1 aliphatic rings. The van der Waals surface area contributed by atoms with E-state index in [0.717, 1.165) is 12.8 Å². The quantitative estimate of drug-likeness (QED) is 0.804. The zero-order chi connectivity index (χ0) is 11.1. The standard InChI is InChI=1S/C8H7ClF3N3/c9-5-3-6(13-4-1-2-4)15-7(14-5)8(10,11)12/h3-4H,1-2H2,(H,13,14,15). The number of halogens is 4. The largest absolute Gasteiger partial charge is 0.451 e. The minimum Gasteiger partial charge on any atom is -0.367 e. The van der Waals surface area contributed by atoms with Crippen LogP contribution in [0.2, 0.25) is 5.15 Å². The van der Waals surface area contributed by atoms with Crippen LogP contribution in [0.25, 0.3) is 0 Å². The number of nitrogens with one attached hydrogen (secondary N) is 1. The first kappa shape index (κ1) is 10.5. The summed E-state index contributed by atoms with van der Waals surface area (Å²) < 4.78 is 36.9. The maximum atomic E-state index is 12.3. The summed E-state index contributed by atoms with van der Waals surface area (Å²) in [6.07, 6.45) is -2.67. The van der Waals surface area contributed by atoms with Crippen LogP contribution in [0.15, 0.2) is 6.07 Å². The fraction of sp³-hybridized carbons (Fsp3) is 0.500. The smallest absolute Gasteiger partial charge is 0.367 e. The topological polar surface area (TPSA) is 37.8 Å². The predicted octanol–water partition coefficient (Wildman–Crippen LogP) is 2.72. The molecule has 0 unspecified atom stereocenters. The van der Waals surface area contributed by atoms with Crippen LogP contribution < -0.4 is 5.32 Å². The second kappa shape index (κ2) is 3.52. The van der Waals surface area contributed by atoms with Gasteiger partial charge in [-0.2, -0.15) is 13.2 Å². The van der Waals surface area contributed by atoms with E-state index in [-0.39, 0.29) is 17.0 Å². The van der Waals surface area contributed by atoms with Crippen molar-refractivity contribution in [2.75, 3.05) is 5.32 Å². The van der Waals surface area contributed by atoms with E-state index in [0.29, 0.717) is 0 Å². The molecule has 1 fully saturated rings. The van der Waals surface area contributed by atoms with E-state index in [9.17, 15) is 13.2 Å². The van der Waals surface area contributed by atoms with E-state index in [1.165, 1.54) is 6.07 Å². The lowest BCUT2D eigenvalue weighted by Crippen LogP contribution is -2.13. The monoisotopic (exact) mass is 237 g/mol. The number of aromatic nitrogens is 2. The highest BCUT2D eigenvalue weighted by Gasteiger charge is 2.35. The summed E-state index contributed by atoms with van der Waals surface area (Å²) in [6.45, 7) is 0. The van der Waals surface area contributed by atoms with Gasteiger partial charge in [-0.1, -0.05) is 11.6 Å².